The van der Waals surface area contributed by atoms with E-state index in [9.17, 15) is 0 Å². The molecule has 6 heteroatoms. The molecule has 2 saturated heterocycles. The molecule has 0 radical (unpaired) electrons. The molecule has 2 aliphatic heterocycles. The third kappa shape index (κ3) is 4.78. The molecule has 4 rings (SSSR count). The Labute approximate surface area is 199 Å². The number of hydrogen-bond donors (Lipinski definition) is 0. The first-order valence-electron chi connectivity index (χ1n) is 11.5. The molecule has 180 valence electrons. The average Bonchev–Trinajstić information content (AvgIpc) is 3.26. The summed E-state index contributed by atoms with van der Waals surface area (Å²) in [6, 6.07) is 21.1. The Bertz CT molecular complexity index is 885. The van der Waals surface area contributed by atoms with Crippen molar-refractivity contribution >= 4 is 10.3 Å². The maximum Gasteiger partial charge on any atom is 0.187 e. The van der Waals surface area contributed by atoms with Gasteiger partial charge in [-0.2, -0.15) is 0 Å². The van der Waals surface area contributed by atoms with E-state index in [0.717, 1.165) is 0 Å². The Morgan fingerprint density at radius 3 is 2.00 bits per heavy atom. The summed E-state index contributed by atoms with van der Waals surface area (Å²) in [5, 5.41) is 0. The van der Waals surface area contributed by atoms with Crippen LogP contribution in [0, 0.1) is 0 Å². The van der Waals surface area contributed by atoms with Crippen molar-refractivity contribution in [1.82, 2.24) is 0 Å². The van der Waals surface area contributed by atoms with E-state index in [2.05, 4.69) is 75.9 Å². The van der Waals surface area contributed by atoms with E-state index in [0.29, 0.717) is 13.2 Å². The Hall–Kier alpha value is -1.67. The van der Waals surface area contributed by atoms with Crippen LogP contribution >= 0.6 is 10.3 Å². The van der Waals surface area contributed by atoms with Crippen LogP contribution in [0.4, 0.5) is 0 Å². The number of fused-ring (bicyclic) bond motifs is 1. The fourth-order valence-electron chi connectivity index (χ4n) is 4.62. The predicted molar refractivity (Wildman–Crippen MR) is 131 cm³/mol. The van der Waals surface area contributed by atoms with Crippen LogP contribution in [0.3, 0.4) is 0 Å². The van der Waals surface area contributed by atoms with Gasteiger partial charge < -0.3 is 23.1 Å². The summed E-state index contributed by atoms with van der Waals surface area (Å²) in [5.74, 6) is -0.694. The van der Waals surface area contributed by atoms with Crippen LogP contribution < -0.4 is 0 Å². The number of rotatable bonds is 8. The smallest absolute Gasteiger partial charge is 0.187 e. The van der Waals surface area contributed by atoms with Crippen molar-refractivity contribution in [3.05, 3.63) is 73.3 Å². The first-order chi connectivity index (χ1) is 15.7. The van der Waals surface area contributed by atoms with E-state index < -0.39 is 22.4 Å². The van der Waals surface area contributed by atoms with E-state index in [1.165, 1.54) is 9.79 Å². The minimum Gasteiger partial charge on any atom is -0.346 e. The molecule has 2 aromatic carbocycles. The number of ether oxygens (including phenoxy) is 4. The van der Waals surface area contributed by atoms with E-state index in [-0.39, 0.29) is 23.1 Å². The van der Waals surface area contributed by atoms with Crippen molar-refractivity contribution in [2.75, 3.05) is 13.2 Å². The quantitative estimate of drug-likeness (QED) is 0.435. The maximum absolute atomic E-state index is 7.03. The molecule has 0 amide bonds. The van der Waals surface area contributed by atoms with E-state index in [4.69, 9.17) is 23.1 Å². The monoisotopic (exact) mass is 472 g/mol. The fourth-order valence-corrected chi connectivity index (χ4v) is 8.35. The highest BCUT2D eigenvalue weighted by Gasteiger charge is 2.56. The third-order valence-electron chi connectivity index (χ3n) is 5.91. The van der Waals surface area contributed by atoms with Gasteiger partial charge in [-0.15, -0.1) is 6.58 Å². The topological polar surface area (TPSA) is 46.2 Å². The van der Waals surface area contributed by atoms with Gasteiger partial charge in [-0.25, -0.2) is 0 Å². The van der Waals surface area contributed by atoms with Gasteiger partial charge in [-0.05, 0) is 58.9 Å². The molecule has 33 heavy (non-hydrogen) atoms. The Morgan fingerprint density at radius 2 is 1.48 bits per heavy atom. The highest BCUT2D eigenvalue weighted by atomic mass is 32.3. The molecule has 0 N–H and O–H groups in total. The molecule has 2 aromatic rings. The normalized spacial score (nSPS) is 27.3. The van der Waals surface area contributed by atoms with E-state index in [1.54, 1.807) is 6.08 Å². The third-order valence-corrected chi connectivity index (χ3v) is 9.99. The fraction of sp³-hybridized carbons (Fsp3) is 0.481. The Kier molecular flexibility index (Phi) is 7.06. The summed E-state index contributed by atoms with van der Waals surface area (Å²) in [6.07, 6.45) is 0.312. The zero-order chi connectivity index (χ0) is 23.7. The van der Waals surface area contributed by atoms with Crippen molar-refractivity contribution in [2.45, 2.75) is 79.5 Å². The van der Waals surface area contributed by atoms with Gasteiger partial charge in [-0.1, -0.05) is 52.8 Å². The highest BCUT2D eigenvalue weighted by Crippen LogP contribution is 2.71. The predicted octanol–water partition coefficient (Wildman–Crippen LogP) is 6.09. The number of benzene rings is 2. The van der Waals surface area contributed by atoms with Gasteiger partial charge in [-0.3, -0.25) is 0 Å². The summed E-state index contributed by atoms with van der Waals surface area (Å²) in [6.45, 7) is 15.1. The molecule has 0 saturated carbocycles. The second kappa shape index (κ2) is 9.53. The lowest BCUT2D eigenvalue weighted by molar-refractivity contribution is -0.233. The zero-order valence-electron chi connectivity index (χ0n) is 20.2. The van der Waals surface area contributed by atoms with Crippen LogP contribution in [-0.4, -0.2) is 48.3 Å². The van der Waals surface area contributed by atoms with Gasteiger partial charge in [0.1, 0.15) is 18.3 Å². The second-order valence-corrected chi connectivity index (χ2v) is 13.3. The molecule has 2 heterocycles. The van der Waals surface area contributed by atoms with Crippen molar-refractivity contribution in [3.63, 3.8) is 0 Å². The van der Waals surface area contributed by atoms with E-state index in [1.807, 2.05) is 26.0 Å². The SMILES string of the molecule is C=CCOC1OC(COS(c2ccccc2)(c2ccccc2)C(C)(C)C)C2OC(C)(C)OC12. The van der Waals surface area contributed by atoms with Crippen LogP contribution in [-0.2, 0) is 23.1 Å². The minimum absolute atomic E-state index is 0.168. The van der Waals surface area contributed by atoms with Crippen molar-refractivity contribution < 1.29 is 23.1 Å². The van der Waals surface area contributed by atoms with Gasteiger partial charge in [0, 0.05) is 14.5 Å². The lowest BCUT2D eigenvalue weighted by Crippen LogP contribution is -2.36. The molecule has 0 aliphatic carbocycles. The summed E-state index contributed by atoms with van der Waals surface area (Å²) in [5.41, 5.74) is 0. The zero-order valence-corrected chi connectivity index (χ0v) is 21.0. The molecule has 0 spiro atoms. The van der Waals surface area contributed by atoms with Gasteiger partial charge in [0.05, 0.1) is 13.2 Å². The van der Waals surface area contributed by atoms with Gasteiger partial charge >= 0.3 is 0 Å². The molecular weight excluding hydrogens is 436 g/mol. The van der Waals surface area contributed by atoms with Gasteiger partial charge in [0.15, 0.2) is 12.1 Å². The van der Waals surface area contributed by atoms with Gasteiger partial charge in [0.25, 0.3) is 0 Å². The van der Waals surface area contributed by atoms with Crippen LogP contribution in [0.5, 0.6) is 0 Å². The van der Waals surface area contributed by atoms with Crippen molar-refractivity contribution in [2.24, 2.45) is 0 Å². The largest absolute Gasteiger partial charge is 0.346 e. The second-order valence-electron chi connectivity index (χ2n) is 9.81. The highest BCUT2D eigenvalue weighted by molar-refractivity contribution is 8.31. The molecule has 2 fully saturated rings. The summed E-state index contributed by atoms with van der Waals surface area (Å²) < 4.78 is 31.4. The molecule has 4 atom stereocenters. The van der Waals surface area contributed by atoms with Crippen LogP contribution in [0.1, 0.15) is 34.6 Å². The molecule has 2 aliphatic rings. The van der Waals surface area contributed by atoms with Gasteiger partial charge in [0.2, 0.25) is 0 Å². The van der Waals surface area contributed by atoms with Crippen molar-refractivity contribution in [1.29, 1.82) is 0 Å². The molecule has 0 aromatic heterocycles. The standard InChI is InChI=1S/C27H36O5S/c1-7-18-28-25-24-23(31-27(5,6)32-24)22(30-25)19-29-33(26(2,3)4,20-14-10-8-11-15-20)21-16-12-9-13-17-21/h7-17,22-25H,1,18-19H2,2-6H3. The Morgan fingerprint density at radius 1 is 0.939 bits per heavy atom. The first kappa shape index (κ1) is 24.5. The van der Waals surface area contributed by atoms with E-state index >= 15 is 0 Å². The molecular formula is C27H36O5S. The lowest BCUT2D eigenvalue weighted by atomic mass is 10.1. The summed E-state index contributed by atoms with van der Waals surface area (Å²) >= 11 is 0. The summed E-state index contributed by atoms with van der Waals surface area (Å²) in [7, 11) is -1.88. The lowest BCUT2D eigenvalue weighted by Gasteiger charge is -2.50. The van der Waals surface area contributed by atoms with Crippen molar-refractivity contribution in [3.8, 4) is 0 Å². The average molecular weight is 473 g/mol. The Balaban J connectivity index is 1.67. The number of hydrogen-bond acceptors (Lipinski definition) is 5. The maximum atomic E-state index is 7.03. The molecule has 5 nitrogen and oxygen atoms in total. The minimum atomic E-state index is -1.88. The first-order valence-corrected chi connectivity index (χ1v) is 13.0. The summed E-state index contributed by atoms with van der Waals surface area (Å²) in [4.78, 5) is 2.36. The van der Waals surface area contributed by atoms with Crippen LogP contribution in [0.2, 0.25) is 0 Å². The van der Waals surface area contributed by atoms with Crippen LogP contribution in [0.15, 0.2) is 83.1 Å². The molecule has 0 bridgehead atoms. The van der Waals surface area contributed by atoms with Crippen LogP contribution in [0.25, 0.3) is 0 Å². The molecule has 4 unspecified atom stereocenters.